The molecule has 1 N–H and O–H groups in total. The molecule has 2 nitrogen and oxygen atoms in total. The van der Waals surface area contributed by atoms with E-state index in [1.54, 1.807) is 7.11 Å². The standard InChI is InChI=1S/C12H16FNO.ClH/c1-12(7-10(13)8-14-12)9-3-5-11(15-2)6-4-9;/h3-6,10,14H,7-8H2,1-2H3;1H. The maximum atomic E-state index is 13.2. The van der Waals surface area contributed by atoms with Crippen LogP contribution in [-0.2, 0) is 5.54 Å². The maximum Gasteiger partial charge on any atom is 0.118 e. The van der Waals surface area contributed by atoms with Gasteiger partial charge in [-0.1, -0.05) is 12.1 Å². The van der Waals surface area contributed by atoms with Crippen molar-refractivity contribution < 1.29 is 9.13 Å². The molecule has 2 rings (SSSR count). The van der Waals surface area contributed by atoms with Crippen molar-refractivity contribution in [3.05, 3.63) is 29.8 Å². The van der Waals surface area contributed by atoms with Crippen molar-refractivity contribution >= 4 is 12.4 Å². The van der Waals surface area contributed by atoms with Crippen LogP contribution in [0.1, 0.15) is 18.9 Å². The van der Waals surface area contributed by atoms with Crippen LogP contribution in [0.2, 0.25) is 0 Å². The molecule has 16 heavy (non-hydrogen) atoms. The smallest absolute Gasteiger partial charge is 0.118 e. The Morgan fingerprint density at radius 1 is 1.38 bits per heavy atom. The minimum Gasteiger partial charge on any atom is -0.497 e. The van der Waals surface area contributed by atoms with Crippen LogP contribution >= 0.6 is 12.4 Å². The monoisotopic (exact) mass is 245 g/mol. The van der Waals surface area contributed by atoms with Crippen molar-refractivity contribution in [3.63, 3.8) is 0 Å². The van der Waals surface area contributed by atoms with Crippen molar-refractivity contribution in [2.45, 2.75) is 25.1 Å². The Kier molecular flexibility index (Phi) is 4.16. The summed E-state index contributed by atoms with van der Waals surface area (Å²) < 4.78 is 18.3. The van der Waals surface area contributed by atoms with E-state index in [1.165, 1.54) is 0 Å². The molecule has 1 aliphatic heterocycles. The van der Waals surface area contributed by atoms with Crippen LogP contribution in [-0.4, -0.2) is 19.8 Å². The number of hydrogen-bond donors (Lipinski definition) is 1. The van der Waals surface area contributed by atoms with Crippen LogP contribution < -0.4 is 10.1 Å². The van der Waals surface area contributed by atoms with E-state index in [2.05, 4.69) is 5.32 Å². The van der Waals surface area contributed by atoms with Gasteiger partial charge < -0.3 is 10.1 Å². The van der Waals surface area contributed by atoms with Gasteiger partial charge in [0.15, 0.2) is 0 Å². The van der Waals surface area contributed by atoms with Crippen molar-refractivity contribution in [2.24, 2.45) is 0 Å². The molecule has 0 spiro atoms. The molecule has 0 bridgehead atoms. The number of benzene rings is 1. The zero-order valence-corrected chi connectivity index (χ0v) is 10.3. The Balaban J connectivity index is 0.00000128. The molecule has 2 unspecified atom stereocenters. The molecular weight excluding hydrogens is 229 g/mol. The first kappa shape index (κ1) is 13.3. The van der Waals surface area contributed by atoms with Crippen molar-refractivity contribution in [1.82, 2.24) is 5.32 Å². The third kappa shape index (κ3) is 2.47. The van der Waals surface area contributed by atoms with E-state index in [0.717, 1.165) is 11.3 Å². The summed E-state index contributed by atoms with van der Waals surface area (Å²) in [6, 6.07) is 7.80. The van der Waals surface area contributed by atoms with Crippen LogP contribution in [0, 0.1) is 0 Å². The predicted molar refractivity (Wildman–Crippen MR) is 65.1 cm³/mol. The SMILES string of the molecule is COc1ccc(C2(C)CC(F)CN2)cc1.Cl. The summed E-state index contributed by atoms with van der Waals surface area (Å²) in [5.41, 5.74) is 0.884. The normalized spacial score (nSPS) is 28.6. The van der Waals surface area contributed by atoms with Gasteiger partial charge in [-0.25, -0.2) is 4.39 Å². The fourth-order valence-corrected chi connectivity index (χ4v) is 2.10. The molecule has 1 saturated heterocycles. The summed E-state index contributed by atoms with van der Waals surface area (Å²) in [4.78, 5) is 0. The van der Waals surface area contributed by atoms with Gasteiger partial charge in [-0.15, -0.1) is 12.4 Å². The number of alkyl halides is 1. The van der Waals surface area contributed by atoms with Crippen LogP contribution in [0.15, 0.2) is 24.3 Å². The van der Waals surface area contributed by atoms with E-state index in [4.69, 9.17) is 4.74 Å². The zero-order chi connectivity index (χ0) is 10.9. The largest absolute Gasteiger partial charge is 0.497 e. The highest BCUT2D eigenvalue weighted by Gasteiger charge is 2.35. The minimum atomic E-state index is -0.739. The quantitative estimate of drug-likeness (QED) is 0.865. The average Bonchev–Trinajstić information content (AvgIpc) is 2.60. The first-order chi connectivity index (χ1) is 7.14. The van der Waals surface area contributed by atoms with Gasteiger partial charge in [0.1, 0.15) is 11.9 Å². The predicted octanol–water partition coefficient (Wildman–Crippen LogP) is 2.66. The van der Waals surface area contributed by atoms with Crippen LogP contribution in [0.25, 0.3) is 0 Å². The second-order valence-electron chi connectivity index (χ2n) is 4.24. The van der Waals surface area contributed by atoms with E-state index in [-0.39, 0.29) is 17.9 Å². The van der Waals surface area contributed by atoms with E-state index in [9.17, 15) is 4.39 Å². The third-order valence-electron chi connectivity index (χ3n) is 3.07. The number of halogens is 2. The summed E-state index contributed by atoms with van der Waals surface area (Å²) in [5.74, 6) is 0.831. The van der Waals surface area contributed by atoms with E-state index >= 15 is 0 Å². The zero-order valence-electron chi connectivity index (χ0n) is 9.50. The number of rotatable bonds is 2. The second-order valence-corrected chi connectivity index (χ2v) is 4.24. The molecule has 1 fully saturated rings. The minimum absolute atomic E-state index is 0. The second kappa shape index (κ2) is 5.02. The van der Waals surface area contributed by atoms with Gasteiger partial charge in [0.2, 0.25) is 0 Å². The van der Waals surface area contributed by atoms with E-state index in [1.807, 2.05) is 31.2 Å². The first-order valence-corrected chi connectivity index (χ1v) is 5.18. The molecule has 1 aliphatic rings. The molecule has 2 atom stereocenters. The van der Waals surface area contributed by atoms with Crippen LogP contribution in [0.3, 0.4) is 0 Å². The summed E-state index contributed by atoms with van der Waals surface area (Å²) in [7, 11) is 1.64. The Hall–Kier alpha value is -0.800. The number of nitrogens with one attached hydrogen (secondary N) is 1. The number of methoxy groups -OCH3 is 1. The lowest BCUT2D eigenvalue weighted by molar-refractivity contribution is 0.333. The van der Waals surface area contributed by atoms with Crippen molar-refractivity contribution in [2.75, 3.05) is 13.7 Å². The third-order valence-corrected chi connectivity index (χ3v) is 3.07. The molecule has 4 heteroatoms. The lowest BCUT2D eigenvalue weighted by Crippen LogP contribution is -2.32. The van der Waals surface area contributed by atoms with Crippen molar-refractivity contribution in [3.8, 4) is 5.75 Å². The lowest BCUT2D eigenvalue weighted by atomic mass is 9.90. The average molecular weight is 246 g/mol. The van der Waals surface area contributed by atoms with Gasteiger partial charge in [-0.2, -0.15) is 0 Å². The van der Waals surface area contributed by atoms with Gasteiger partial charge in [-0.3, -0.25) is 0 Å². The highest BCUT2D eigenvalue weighted by Crippen LogP contribution is 2.32. The molecular formula is C12H17ClFNO. The van der Waals surface area contributed by atoms with Crippen LogP contribution in [0.4, 0.5) is 4.39 Å². The molecule has 0 amide bonds. The van der Waals surface area contributed by atoms with Gasteiger partial charge in [-0.05, 0) is 24.6 Å². The summed E-state index contributed by atoms with van der Waals surface area (Å²) in [5, 5.41) is 3.22. The Morgan fingerprint density at radius 3 is 2.44 bits per heavy atom. The van der Waals surface area contributed by atoms with E-state index in [0.29, 0.717) is 13.0 Å². The van der Waals surface area contributed by atoms with Gasteiger partial charge in [0.25, 0.3) is 0 Å². The van der Waals surface area contributed by atoms with Gasteiger partial charge >= 0.3 is 0 Å². The molecule has 0 aliphatic carbocycles. The summed E-state index contributed by atoms with van der Waals surface area (Å²) in [6.45, 7) is 2.48. The van der Waals surface area contributed by atoms with E-state index < -0.39 is 6.17 Å². The molecule has 90 valence electrons. The number of hydrogen-bond acceptors (Lipinski definition) is 2. The first-order valence-electron chi connectivity index (χ1n) is 5.18. The molecule has 0 radical (unpaired) electrons. The summed E-state index contributed by atoms with van der Waals surface area (Å²) in [6.07, 6.45) is -0.198. The maximum absolute atomic E-state index is 13.2. The number of ether oxygens (including phenoxy) is 1. The Bertz CT molecular complexity index is 343. The fourth-order valence-electron chi connectivity index (χ4n) is 2.10. The molecule has 1 heterocycles. The molecule has 0 aromatic heterocycles. The Morgan fingerprint density at radius 2 is 2.00 bits per heavy atom. The van der Waals surface area contributed by atoms with Crippen molar-refractivity contribution in [1.29, 1.82) is 0 Å². The molecule has 1 aromatic rings. The highest BCUT2D eigenvalue weighted by molar-refractivity contribution is 5.85. The van der Waals surface area contributed by atoms with Gasteiger partial charge in [0, 0.05) is 18.5 Å². The lowest BCUT2D eigenvalue weighted by Gasteiger charge is -2.24. The van der Waals surface area contributed by atoms with Crippen LogP contribution in [0.5, 0.6) is 5.75 Å². The Labute approximate surface area is 102 Å². The topological polar surface area (TPSA) is 21.3 Å². The highest BCUT2D eigenvalue weighted by atomic mass is 35.5. The molecule has 1 aromatic carbocycles. The summed E-state index contributed by atoms with van der Waals surface area (Å²) >= 11 is 0. The fraction of sp³-hybridized carbons (Fsp3) is 0.500. The van der Waals surface area contributed by atoms with Gasteiger partial charge in [0.05, 0.1) is 7.11 Å². The molecule has 0 saturated carbocycles.